The standard InChI is InChI=1S/C17H22N2O4/c20-16(10-19-17(21)13-4-2-1-3-5-13)18-9-12-6-7-14-15(8-12)23-11-22-14/h6-8,13H,1-5,9-11H2,(H,18,20)(H,19,21). The molecular formula is C17H22N2O4. The fourth-order valence-corrected chi connectivity index (χ4v) is 2.99. The van der Waals surface area contributed by atoms with E-state index in [1.54, 1.807) is 0 Å². The molecule has 23 heavy (non-hydrogen) atoms. The molecule has 2 aliphatic rings. The number of amides is 2. The minimum atomic E-state index is -0.188. The second-order valence-corrected chi connectivity index (χ2v) is 6.02. The van der Waals surface area contributed by atoms with E-state index in [0.29, 0.717) is 12.3 Å². The van der Waals surface area contributed by atoms with E-state index in [4.69, 9.17) is 9.47 Å². The Morgan fingerprint density at radius 1 is 1.04 bits per heavy atom. The molecule has 0 saturated heterocycles. The van der Waals surface area contributed by atoms with Crippen molar-refractivity contribution in [2.24, 2.45) is 5.92 Å². The highest BCUT2D eigenvalue weighted by atomic mass is 16.7. The van der Waals surface area contributed by atoms with Gasteiger partial charge in [0.25, 0.3) is 0 Å². The molecule has 0 aromatic heterocycles. The van der Waals surface area contributed by atoms with Crippen molar-refractivity contribution in [3.63, 3.8) is 0 Å². The predicted octanol–water partition coefficient (Wildman–Crippen LogP) is 1.73. The van der Waals surface area contributed by atoms with Crippen LogP contribution in [0.3, 0.4) is 0 Å². The first-order valence-corrected chi connectivity index (χ1v) is 8.15. The maximum Gasteiger partial charge on any atom is 0.239 e. The van der Waals surface area contributed by atoms with E-state index in [0.717, 1.165) is 37.0 Å². The van der Waals surface area contributed by atoms with Crippen LogP contribution in [-0.2, 0) is 16.1 Å². The van der Waals surface area contributed by atoms with Gasteiger partial charge in [0, 0.05) is 12.5 Å². The lowest BCUT2D eigenvalue weighted by molar-refractivity contribution is -0.129. The van der Waals surface area contributed by atoms with Gasteiger partial charge in [-0.1, -0.05) is 25.3 Å². The summed E-state index contributed by atoms with van der Waals surface area (Å²) in [4.78, 5) is 23.8. The van der Waals surface area contributed by atoms with E-state index in [-0.39, 0.29) is 31.1 Å². The molecule has 0 unspecified atom stereocenters. The second-order valence-electron chi connectivity index (χ2n) is 6.02. The van der Waals surface area contributed by atoms with Crippen LogP contribution in [0.15, 0.2) is 18.2 Å². The van der Waals surface area contributed by atoms with Crippen LogP contribution in [-0.4, -0.2) is 25.2 Å². The van der Waals surface area contributed by atoms with Gasteiger partial charge in [-0.25, -0.2) is 0 Å². The number of hydrogen-bond donors (Lipinski definition) is 2. The topological polar surface area (TPSA) is 76.7 Å². The Labute approximate surface area is 135 Å². The van der Waals surface area contributed by atoms with Crippen molar-refractivity contribution in [1.82, 2.24) is 10.6 Å². The summed E-state index contributed by atoms with van der Waals surface area (Å²) in [5.74, 6) is 1.31. The molecule has 2 amide bonds. The molecule has 1 aliphatic heterocycles. The lowest BCUT2D eigenvalue weighted by Gasteiger charge is -2.20. The van der Waals surface area contributed by atoms with Crippen LogP contribution < -0.4 is 20.1 Å². The quantitative estimate of drug-likeness (QED) is 0.867. The van der Waals surface area contributed by atoms with Crippen molar-refractivity contribution in [3.8, 4) is 11.5 Å². The van der Waals surface area contributed by atoms with E-state index in [1.807, 2.05) is 18.2 Å². The number of ether oxygens (including phenoxy) is 2. The number of rotatable bonds is 5. The molecule has 1 aromatic rings. The van der Waals surface area contributed by atoms with Gasteiger partial charge in [0.1, 0.15) is 0 Å². The summed E-state index contributed by atoms with van der Waals surface area (Å²) < 4.78 is 10.5. The van der Waals surface area contributed by atoms with Crippen LogP contribution in [0.2, 0.25) is 0 Å². The van der Waals surface area contributed by atoms with Crippen LogP contribution in [0.1, 0.15) is 37.7 Å². The van der Waals surface area contributed by atoms with Crippen molar-refractivity contribution < 1.29 is 19.1 Å². The van der Waals surface area contributed by atoms with Crippen molar-refractivity contribution in [3.05, 3.63) is 23.8 Å². The van der Waals surface area contributed by atoms with Crippen LogP contribution in [0.4, 0.5) is 0 Å². The monoisotopic (exact) mass is 318 g/mol. The average molecular weight is 318 g/mol. The molecule has 1 saturated carbocycles. The maximum atomic E-state index is 12.0. The Morgan fingerprint density at radius 3 is 2.65 bits per heavy atom. The highest BCUT2D eigenvalue weighted by Gasteiger charge is 2.21. The van der Waals surface area contributed by atoms with Gasteiger partial charge in [-0.15, -0.1) is 0 Å². The fourth-order valence-electron chi connectivity index (χ4n) is 2.99. The number of hydrogen-bond acceptors (Lipinski definition) is 4. The molecule has 6 nitrogen and oxygen atoms in total. The third kappa shape index (κ3) is 4.15. The summed E-state index contributed by atoms with van der Waals surface area (Å²) in [6, 6.07) is 5.56. The molecule has 1 aliphatic carbocycles. The summed E-state index contributed by atoms with van der Waals surface area (Å²) in [5, 5.41) is 5.53. The number of benzene rings is 1. The summed E-state index contributed by atoms with van der Waals surface area (Å²) in [6.45, 7) is 0.660. The smallest absolute Gasteiger partial charge is 0.239 e. The van der Waals surface area contributed by atoms with Crippen LogP contribution >= 0.6 is 0 Å². The summed E-state index contributed by atoms with van der Waals surface area (Å²) >= 11 is 0. The Bertz CT molecular complexity index is 582. The highest BCUT2D eigenvalue weighted by molar-refractivity contribution is 5.85. The molecule has 3 rings (SSSR count). The lowest BCUT2D eigenvalue weighted by Crippen LogP contribution is -2.39. The molecule has 1 aromatic carbocycles. The van der Waals surface area contributed by atoms with Gasteiger partial charge in [0.05, 0.1) is 6.54 Å². The zero-order valence-corrected chi connectivity index (χ0v) is 13.1. The Kier molecular flexibility index (Phi) is 5.00. The Hall–Kier alpha value is -2.24. The van der Waals surface area contributed by atoms with E-state index in [9.17, 15) is 9.59 Å². The number of nitrogens with one attached hydrogen (secondary N) is 2. The van der Waals surface area contributed by atoms with Gasteiger partial charge >= 0.3 is 0 Å². The van der Waals surface area contributed by atoms with Gasteiger partial charge in [-0.2, -0.15) is 0 Å². The molecule has 2 N–H and O–H groups in total. The zero-order chi connectivity index (χ0) is 16.1. The summed E-state index contributed by atoms with van der Waals surface area (Å²) in [6.07, 6.45) is 5.29. The summed E-state index contributed by atoms with van der Waals surface area (Å²) in [5.41, 5.74) is 0.932. The van der Waals surface area contributed by atoms with Crippen molar-refractivity contribution >= 4 is 11.8 Å². The molecule has 0 bridgehead atoms. The fraction of sp³-hybridized carbons (Fsp3) is 0.529. The molecule has 0 spiro atoms. The van der Waals surface area contributed by atoms with Gasteiger partial charge < -0.3 is 20.1 Å². The van der Waals surface area contributed by atoms with Gasteiger partial charge in [0.15, 0.2) is 11.5 Å². The number of carbonyl (C=O) groups excluding carboxylic acids is 2. The average Bonchev–Trinajstić information content (AvgIpc) is 3.06. The Morgan fingerprint density at radius 2 is 1.83 bits per heavy atom. The van der Waals surface area contributed by atoms with E-state index >= 15 is 0 Å². The minimum absolute atomic E-state index is 0.00271. The molecular weight excluding hydrogens is 296 g/mol. The predicted molar refractivity (Wildman–Crippen MR) is 84.0 cm³/mol. The van der Waals surface area contributed by atoms with Crippen LogP contribution in [0, 0.1) is 5.92 Å². The highest BCUT2D eigenvalue weighted by Crippen LogP contribution is 2.32. The van der Waals surface area contributed by atoms with Crippen LogP contribution in [0.5, 0.6) is 11.5 Å². The zero-order valence-electron chi connectivity index (χ0n) is 13.1. The third-order valence-corrected chi connectivity index (χ3v) is 4.33. The van der Waals surface area contributed by atoms with Crippen LogP contribution in [0.25, 0.3) is 0 Å². The largest absolute Gasteiger partial charge is 0.454 e. The number of carbonyl (C=O) groups is 2. The molecule has 6 heteroatoms. The van der Waals surface area contributed by atoms with E-state index in [2.05, 4.69) is 10.6 Å². The minimum Gasteiger partial charge on any atom is -0.454 e. The molecule has 124 valence electrons. The maximum absolute atomic E-state index is 12.0. The van der Waals surface area contributed by atoms with Crippen molar-refractivity contribution in [2.45, 2.75) is 38.6 Å². The molecule has 1 fully saturated rings. The third-order valence-electron chi connectivity index (χ3n) is 4.33. The molecule has 0 radical (unpaired) electrons. The van der Waals surface area contributed by atoms with E-state index < -0.39 is 0 Å². The van der Waals surface area contributed by atoms with Crippen molar-refractivity contribution in [2.75, 3.05) is 13.3 Å². The van der Waals surface area contributed by atoms with Gasteiger partial charge in [-0.05, 0) is 30.5 Å². The lowest BCUT2D eigenvalue weighted by atomic mass is 9.89. The summed E-state index contributed by atoms with van der Waals surface area (Å²) in [7, 11) is 0. The first-order valence-electron chi connectivity index (χ1n) is 8.15. The van der Waals surface area contributed by atoms with E-state index in [1.165, 1.54) is 6.42 Å². The first-order chi connectivity index (χ1) is 11.2. The number of fused-ring (bicyclic) bond motifs is 1. The molecule has 0 atom stereocenters. The Balaban J connectivity index is 1.40. The first kappa shape index (κ1) is 15.6. The normalized spacial score (nSPS) is 16.9. The molecule has 1 heterocycles. The SMILES string of the molecule is O=C(CNC(=O)C1CCCCC1)NCc1ccc2c(c1)OCO2. The van der Waals surface area contributed by atoms with Gasteiger partial charge in [0.2, 0.25) is 18.6 Å². The van der Waals surface area contributed by atoms with Crippen molar-refractivity contribution in [1.29, 1.82) is 0 Å². The second kappa shape index (κ2) is 7.35. The van der Waals surface area contributed by atoms with Gasteiger partial charge in [-0.3, -0.25) is 9.59 Å².